The molecule has 0 atom stereocenters. The Hall–Kier alpha value is -1.50. The highest BCUT2D eigenvalue weighted by Crippen LogP contribution is 2.26. The molecule has 0 spiro atoms. The Morgan fingerprint density at radius 3 is 2.36 bits per heavy atom. The maximum Gasteiger partial charge on any atom is 0.321 e. The third kappa shape index (κ3) is 4.57. The van der Waals surface area contributed by atoms with Crippen molar-refractivity contribution in [2.24, 2.45) is 5.92 Å². The second-order valence-corrected chi connectivity index (χ2v) is 7.10. The lowest BCUT2D eigenvalue weighted by molar-refractivity contribution is -0.140. The Kier molecular flexibility index (Phi) is 6.04. The second kappa shape index (κ2) is 8.25. The summed E-state index contributed by atoms with van der Waals surface area (Å²) in [6.07, 6.45) is 1.36. The Morgan fingerprint density at radius 1 is 1.04 bits per heavy atom. The monoisotopic (exact) mass is 385 g/mol. The third-order valence-electron chi connectivity index (χ3n) is 4.63. The number of carbonyl (C=O) groups is 2. The van der Waals surface area contributed by atoms with Crippen molar-refractivity contribution in [3.8, 4) is 0 Å². The number of carbonyl (C=O) groups excluding carboxylic acids is 2. The molecule has 1 aromatic carbocycles. The van der Waals surface area contributed by atoms with E-state index in [2.05, 4.69) is 5.32 Å². The summed E-state index contributed by atoms with van der Waals surface area (Å²) in [5, 5.41) is 3.72. The zero-order chi connectivity index (χ0) is 17.8. The van der Waals surface area contributed by atoms with E-state index >= 15 is 0 Å². The second-order valence-electron chi connectivity index (χ2n) is 6.25. The molecule has 2 saturated heterocycles. The summed E-state index contributed by atoms with van der Waals surface area (Å²) in [4.78, 5) is 28.5. The van der Waals surface area contributed by atoms with Gasteiger partial charge in [-0.3, -0.25) is 4.79 Å². The van der Waals surface area contributed by atoms with Crippen LogP contribution in [0.15, 0.2) is 18.2 Å². The fraction of sp³-hybridized carbons (Fsp3) is 0.529. The molecule has 0 unspecified atom stereocenters. The van der Waals surface area contributed by atoms with E-state index < -0.39 is 0 Å². The molecule has 136 valence electrons. The van der Waals surface area contributed by atoms with Gasteiger partial charge in [0.05, 0.1) is 23.9 Å². The molecule has 0 saturated carbocycles. The van der Waals surface area contributed by atoms with Gasteiger partial charge in [0, 0.05) is 37.1 Å². The predicted molar refractivity (Wildman–Crippen MR) is 97.2 cm³/mol. The highest BCUT2D eigenvalue weighted by molar-refractivity contribution is 6.36. The summed E-state index contributed by atoms with van der Waals surface area (Å²) in [6.45, 7) is 3.64. The van der Waals surface area contributed by atoms with E-state index in [1.54, 1.807) is 23.1 Å². The minimum absolute atomic E-state index is 0.0127. The van der Waals surface area contributed by atoms with Crippen LogP contribution in [0.25, 0.3) is 0 Å². The van der Waals surface area contributed by atoms with Gasteiger partial charge in [0.2, 0.25) is 5.91 Å². The number of piperidine rings is 1. The molecule has 2 heterocycles. The number of urea groups is 1. The zero-order valence-electron chi connectivity index (χ0n) is 13.8. The summed E-state index contributed by atoms with van der Waals surface area (Å²) < 4.78 is 5.29. The Morgan fingerprint density at radius 2 is 1.72 bits per heavy atom. The molecule has 0 radical (unpaired) electrons. The highest BCUT2D eigenvalue weighted by atomic mass is 35.5. The van der Waals surface area contributed by atoms with Crippen LogP contribution >= 0.6 is 23.2 Å². The summed E-state index contributed by atoms with van der Waals surface area (Å²) in [6, 6.07) is 4.74. The number of halogens is 2. The van der Waals surface area contributed by atoms with Gasteiger partial charge in [-0.2, -0.15) is 0 Å². The lowest BCUT2D eigenvalue weighted by Crippen LogP contribution is -2.48. The van der Waals surface area contributed by atoms with E-state index in [1.165, 1.54) is 0 Å². The van der Waals surface area contributed by atoms with E-state index in [4.69, 9.17) is 27.9 Å². The molecule has 1 aromatic rings. The van der Waals surface area contributed by atoms with Gasteiger partial charge in [-0.05, 0) is 31.0 Å². The fourth-order valence-electron chi connectivity index (χ4n) is 3.16. The normalized spacial score (nSPS) is 19.0. The molecule has 2 fully saturated rings. The summed E-state index contributed by atoms with van der Waals surface area (Å²) in [7, 11) is 0. The summed E-state index contributed by atoms with van der Waals surface area (Å²) in [5.74, 6) is 0.172. The first-order chi connectivity index (χ1) is 12.0. The minimum atomic E-state index is -0.207. The number of hydrogen-bond donors (Lipinski definition) is 1. The Bertz CT molecular complexity index is 642. The molecular weight excluding hydrogens is 365 g/mol. The van der Waals surface area contributed by atoms with E-state index in [0.717, 1.165) is 0 Å². The number of ether oxygens (including phenoxy) is 1. The van der Waals surface area contributed by atoms with Crippen molar-refractivity contribution >= 4 is 40.8 Å². The van der Waals surface area contributed by atoms with Gasteiger partial charge < -0.3 is 19.9 Å². The first-order valence-corrected chi connectivity index (χ1v) is 9.17. The van der Waals surface area contributed by atoms with Gasteiger partial charge >= 0.3 is 6.03 Å². The topological polar surface area (TPSA) is 61.9 Å². The van der Waals surface area contributed by atoms with Crippen molar-refractivity contribution in [2.45, 2.75) is 12.8 Å². The lowest BCUT2D eigenvalue weighted by atomic mass is 9.95. The molecule has 3 amide bonds. The lowest BCUT2D eigenvalue weighted by Gasteiger charge is -2.35. The molecule has 8 heteroatoms. The molecule has 0 aliphatic carbocycles. The third-order valence-corrected chi connectivity index (χ3v) is 5.17. The molecule has 3 rings (SSSR count). The average molecular weight is 386 g/mol. The molecule has 0 bridgehead atoms. The number of nitrogens with zero attached hydrogens (tertiary/aromatic N) is 2. The number of hydrogen-bond acceptors (Lipinski definition) is 3. The molecule has 0 aromatic heterocycles. The van der Waals surface area contributed by atoms with Crippen molar-refractivity contribution in [3.05, 3.63) is 28.2 Å². The van der Waals surface area contributed by atoms with E-state index in [9.17, 15) is 9.59 Å². The molecular formula is C17H21Cl2N3O3. The standard InChI is InChI=1S/C17H21Cl2N3O3/c18-13-1-2-15(14(19)11-13)20-17(24)22-5-3-12(4-6-22)16(23)21-7-9-25-10-8-21/h1-2,11-12H,3-10H2,(H,20,24). The molecule has 6 nitrogen and oxygen atoms in total. The number of rotatable bonds is 2. The largest absolute Gasteiger partial charge is 0.378 e. The number of likely N-dealkylation sites (tertiary alicyclic amines) is 1. The molecule has 2 aliphatic rings. The smallest absolute Gasteiger partial charge is 0.321 e. The highest BCUT2D eigenvalue weighted by Gasteiger charge is 2.31. The van der Waals surface area contributed by atoms with Crippen LogP contribution in [-0.4, -0.2) is 61.1 Å². The van der Waals surface area contributed by atoms with E-state index in [1.807, 2.05) is 4.90 Å². The van der Waals surface area contributed by atoms with E-state index in [0.29, 0.717) is 68.0 Å². The van der Waals surface area contributed by atoms with Crippen LogP contribution in [0.4, 0.5) is 10.5 Å². The quantitative estimate of drug-likeness (QED) is 0.850. The fourth-order valence-corrected chi connectivity index (χ4v) is 3.61. The maximum atomic E-state index is 12.5. The SMILES string of the molecule is O=C(Nc1ccc(Cl)cc1Cl)N1CCC(C(=O)N2CCOCC2)CC1. The van der Waals surface area contributed by atoms with Crippen LogP contribution in [0.5, 0.6) is 0 Å². The Labute approximate surface area is 157 Å². The van der Waals surface area contributed by atoms with Crippen LogP contribution in [0.3, 0.4) is 0 Å². The number of benzene rings is 1. The number of morpholine rings is 1. The first-order valence-electron chi connectivity index (χ1n) is 8.42. The van der Waals surface area contributed by atoms with Crippen LogP contribution in [-0.2, 0) is 9.53 Å². The van der Waals surface area contributed by atoms with Gasteiger partial charge in [0.1, 0.15) is 0 Å². The summed E-state index contributed by atoms with van der Waals surface area (Å²) >= 11 is 11.9. The van der Waals surface area contributed by atoms with Crippen LogP contribution in [0.1, 0.15) is 12.8 Å². The van der Waals surface area contributed by atoms with Gasteiger partial charge in [-0.15, -0.1) is 0 Å². The van der Waals surface area contributed by atoms with Crippen LogP contribution in [0, 0.1) is 5.92 Å². The van der Waals surface area contributed by atoms with E-state index in [-0.39, 0.29) is 17.9 Å². The first kappa shape index (κ1) is 18.3. The predicted octanol–water partition coefficient (Wildman–Crippen LogP) is 3.10. The van der Waals surface area contributed by atoms with Gasteiger partial charge in [0.15, 0.2) is 0 Å². The van der Waals surface area contributed by atoms with Gasteiger partial charge in [-0.1, -0.05) is 23.2 Å². The number of amides is 3. The van der Waals surface area contributed by atoms with Crippen molar-refractivity contribution in [1.29, 1.82) is 0 Å². The van der Waals surface area contributed by atoms with Crippen LogP contribution < -0.4 is 5.32 Å². The Balaban J connectivity index is 1.51. The summed E-state index contributed by atoms with van der Waals surface area (Å²) in [5.41, 5.74) is 0.530. The van der Waals surface area contributed by atoms with Crippen molar-refractivity contribution in [2.75, 3.05) is 44.7 Å². The molecule has 25 heavy (non-hydrogen) atoms. The number of anilines is 1. The average Bonchev–Trinajstić information content (AvgIpc) is 2.64. The maximum absolute atomic E-state index is 12.5. The number of nitrogens with one attached hydrogen (secondary N) is 1. The zero-order valence-corrected chi connectivity index (χ0v) is 15.4. The van der Waals surface area contributed by atoms with Crippen molar-refractivity contribution < 1.29 is 14.3 Å². The van der Waals surface area contributed by atoms with Crippen LogP contribution in [0.2, 0.25) is 10.0 Å². The van der Waals surface area contributed by atoms with Gasteiger partial charge in [-0.25, -0.2) is 4.79 Å². The minimum Gasteiger partial charge on any atom is -0.378 e. The van der Waals surface area contributed by atoms with Gasteiger partial charge in [0.25, 0.3) is 0 Å². The van der Waals surface area contributed by atoms with Crippen molar-refractivity contribution in [3.63, 3.8) is 0 Å². The molecule has 2 aliphatic heterocycles. The van der Waals surface area contributed by atoms with Crippen molar-refractivity contribution in [1.82, 2.24) is 9.80 Å². The molecule has 1 N–H and O–H groups in total.